The number of nitrogens with zero attached hydrogens (tertiary/aromatic N) is 1. The lowest BCUT2D eigenvalue weighted by Crippen LogP contribution is -2.34. The van der Waals surface area contributed by atoms with Crippen molar-refractivity contribution in [1.82, 2.24) is 0 Å². The van der Waals surface area contributed by atoms with Crippen molar-refractivity contribution >= 4 is 22.4 Å². The van der Waals surface area contributed by atoms with Gasteiger partial charge in [0.05, 0.1) is 5.39 Å². The molecule has 0 saturated carbocycles. The number of hydrogen-bond donors (Lipinski definition) is 1. The first-order valence-corrected chi connectivity index (χ1v) is 11.7. The molecule has 5 heteroatoms. The molecule has 0 amide bonds. The van der Waals surface area contributed by atoms with Crippen LogP contribution in [0.1, 0.15) is 85.7 Å². The summed E-state index contributed by atoms with van der Waals surface area (Å²) in [6.07, 6.45) is 16.1. The Balaban J connectivity index is 1.52. The Labute approximate surface area is 183 Å². The van der Waals surface area contributed by atoms with Crippen molar-refractivity contribution in [2.45, 2.75) is 77.0 Å². The molecule has 0 bridgehead atoms. The van der Waals surface area contributed by atoms with E-state index < -0.39 is 5.63 Å². The van der Waals surface area contributed by atoms with Crippen molar-refractivity contribution in [2.75, 3.05) is 18.0 Å². The third-order valence-electron chi connectivity index (χ3n) is 6.62. The molecular formula is C26H31NO4. The Kier molecular flexibility index (Phi) is 6.65. The first kappa shape index (κ1) is 21.5. The van der Waals surface area contributed by atoms with E-state index in [0.29, 0.717) is 17.4 Å². The molecule has 0 unspecified atom stereocenters. The quantitative estimate of drug-likeness (QED) is 0.263. The normalized spacial score (nSPS) is 15.0. The van der Waals surface area contributed by atoms with Crippen molar-refractivity contribution in [3.05, 3.63) is 33.2 Å². The maximum Gasteiger partial charge on any atom is 0.351 e. The Hall–Kier alpha value is -2.74. The van der Waals surface area contributed by atoms with Crippen LogP contribution in [0.25, 0.3) is 11.0 Å². The summed E-state index contributed by atoms with van der Waals surface area (Å²) < 4.78 is 5.67. The van der Waals surface area contributed by atoms with Crippen LogP contribution in [0.15, 0.2) is 15.3 Å². The molecule has 0 spiro atoms. The average molecular weight is 422 g/mol. The maximum atomic E-state index is 12.8. The van der Waals surface area contributed by atoms with Crippen LogP contribution in [0.2, 0.25) is 0 Å². The molecule has 164 valence electrons. The molecule has 1 aromatic carbocycles. The van der Waals surface area contributed by atoms with E-state index in [2.05, 4.69) is 10.8 Å². The number of ketones is 1. The molecule has 1 aromatic heterocycles. The number of rotatable bonds is 9. The molecular weight excluding hydrogens is 390 g/mol. The van der Waals surface area contributed by atoms with Gasteiger partial charge in [-0.05, 0) is 50.2 Å². The van der Waals surface area contributed by atoms with Crippen LogP contribution in [-0.4, -0.2) is 24.0 Å². The third-order valence-corrected chi connectivity index (χ3v) is 6.62. The van der Waals surface area contributed by atoms with Crippen molar-refractivity contribution < 1.29 is 14.3 Å². The monoisotopic (exact) mass is 421 g/mol. The maximum absolute atomic E-state index is 12.8. The molecule has 3 heterocycles. The van der Waals surface area contributed by atoms with E-state index >= 15 is 0 Å². The number of unbranched alkanes of at least 4 members (excludes halogenated alkanes) is 6. The summed E-state index contributed by atoms with van der Waals surface area (Å²) in [6, 6.07) is 1.93. The molecule has 2 aromatic rings. The lowest BCUT2D eigenvalue weighted by Gasteiger charge is -2.37. The lowest BCUT2D eigenvalue weighted by molar-refractivity contribution is 0.0973. The van der Waals surface area contributed by atoms with Crippen molar-refractivity contribution in [3.8, 4) is 18.1 Å². The van der Waals surface area contributed by atoms with Gasteiger partial charge in [-0.2, -0.15) is 0 Å². The van der Waals surface area contributed by atoms with E-state index in [4.69, 9.17) is 10.8 Å². The summed E-state index contributed by atoms with van der Waals surface area (Å²) in [7, 11) is 0. The van der Waals surface area contributed by atoms with E-state index in [0.717, 1.165) is 82.9 Å². The highest BCUT2D eigenvalue weighted by molar-refractivity contribution is 6.04. The molecule has 0 fully saturated rings. The average Bonchev–Trinajstić information content (AvgIpc) is 2.77. The van der Waals surface area contributed by atoms with Crippen LogP contribution in [0.5, 0.6) is 5.75 Å². The predicted molar refractivity (Wildman–Crippen MR) is 123 cm³/mol. The van der Waals surface area contributed by atoms with Crippen molar-refractivity contribution in [1.29, 1.82) is 0 Å². The fourth-order valence-corrected chi connectivity index (χ4v) is 5.09. The Morgan fingerprint density at radius 3 is 2.58 bits per heavy atom. The zero-order valence-electron chi connectivity index (χ0n) is 18.2. The molecule has 0 atom stereocenters. The SMILES string of the molecule is C#CCCCCCCCCC(=O)c1c(O)c2cc3c4c(c2oc1=O)CCCN4CCC3. The Morgan fingerprint density at radius 1 is 1.10 bits per heavy atom. The molecule has 2 aliphatic heterocycles. The summed E-state index contributed by atoms with van der Waals surface area (Å²) in [6.45, 7) is 2.03. The number of hydrogen-bond acceptors (Lipinski definition) is 5. The first-order chi connectivity index (χ1) is 15.1. The zero-order valence-corrected chi connectivity index (χ0v) is 18.2. The van der Waals surface area contributed by atoms with Gasteiger partial charge in [-0.15, -0.1) is 12.3 Å². The molecule has 5 nitrogen and oxygen atoms in total. The van der Waals surface area contributed by atoms with Gasteiger partial charge in [0.15, 0.2) is 5.78 Å². The third kappa shape index (κ3) is 4.35. The van der Waals surface area contributed by atoms with Gasteiger partial charge in [0.2, 0.25) is 0 Å². The standard InChI is InChI=1S/C26H31NO4/c1-2-3-4-5-6-7-8-9-14-21(28)22-24(29)20-17-18-12-10-15-27-16-11-13-19(23(18)27)25(20)31-26(22)30/h1,17,29H,3-16H2. The van der Waals surface area contributed by atoms with Crippen LogP contribution in [0.3, 0.4) is 0 Å². The van der Waals surface area contributed by atoms with Crippen LogP contribution >= 0.6 is 0 Å². The highest BCUT2D eigenvalue weighted by Gasteiger charge is 2.29. The highest BCUT2D eigenvalue weighted by Crippen LogP contribution is 2.42. The van der Waals surface area contributed by atoms with Crippen LogP contribution in [0.4, 0.5) is 5.69 Å². The van der Waals surface area contributed by atoms with E-state index in [1.54, 1.807) is 0 Å². The van der Waals surface area contributed by atoms with Gasteiger partial charge in [-0.1, -0.05) is 25.7 Å². The van der Waals surface area contributed by atoms with E-state index in [1.165, 1.54) is 11.3 Å². The van der Waals surface area contributed by atoms with Gasteiger partial charge < -0.3 is 14.4 Å². The number of terminal acetylenes is 1. The van der Waals surface area contributed by atoms with Crippen molar-refractivity contribution in [3.63, 3.8) is 0 Å². The number of anilines is 1. The Morgan fingerprint density at radius 2 is 1.81 bits per heavy atom. The van der Waals surface area contributed by atoms with Gasteiger partial charge in [-0.3, -0.25) is 4.79 Å². The number of benzene rings is 1. The summed E-state index contributed by atoms with van der Waals surface area (Å²) >= 11 is 0. The molecule has 0 radical (unpaired) electrons. The van der Waals surface area contributed by atoms with Gasteiger partial charge in [-0.25, -0.2) is 4.79 Å². The second-order valence-electron chi connectivity index (χ2n) is 8.80. The minimum absolute atomic E-state index is 0.183. The van der Waals surface area contributed by atoms with Crippen LogP contribution in [0, 0.1) is 12.3 Å². The van der Waals surface area contributed by atoms with Crippen molar-refractivity contribution in [2.24, 2.45) is 0 Å². The van der Waals surface area contributed by atoms with E-state index in [-0.39, 0.29) is 23.5 Å². The number of carbonyl (C=O) groups excluding carboxylic acids is 1. The summed E-state index contributed by atoms with van der Waals surface area (Å²) in [5.74, 6) is 2.12. The second-order valence-corrected chi connectivity index (χ2v) is 8.80. The minimum atomic E-state index is -0.714. The fraction of sp³-hybridized carbons (Fsp3) is 0.538. The van der Waals surface area contributed by atoms with E-state index in [1.807, 2.05) is 6.07 Å². The highest BCUT2D eigenvalue weighted by atomic mass is 16.4. The number of aryl methyl sites for hydroxylation is 2. The summed E-state index contributed by atoms with van der Waals surface area (Å²) in [4.78, 5) is 27.8. The minimum Gasteiger partial charge on any atom is -0.506 e. The number of aromatic hydroxyl groups is 1. The Bertz CT molecular complexity index is 1070. The van der Waals surface area contributed by atoms with Crippen LogP contribution in [-0.2, 0) is 12.8 Å². The zero-order chi connectivity index (χ0) is 21.8. The summed E-state index contributed by atoms with van der Waals surface area (Å²) in [5, 5.41) is 11.4. The molecule has 31 heavy (non-hydrogen) atoms. The molecule has 0 aliphatic carbocycles. The number of carbonyl (C=O) groups is 1. The smallest absolute Gasteiger partial charge is 0.351 e. The lowest BCUT2D eigenvalue weighted by atomic mass is 9.89. The first-order valence-electron chi connectivity index (χ1n) is 11.7. The molecule has 0 saturated heterocycles. The second kappa shape index (κ2) is 9.60. The van der Waals surface area contributed by atoms with Gasteiger partial charge in [0, 0.05) is 37.2 Å². The fourth-order valence-electron chi connectivity index (χ4n) is 5.09. The van der Waals surface area contributed by atoms with Crippen LogP contribution < -0.4 is 10.5 Å². The number of Topliss-reactive ketones (excluding diaryl/α,β-unsaturated/α-hetero) is 1. The predicted octanol–water partition coefficient (Wildman–Crippen LogP) is 5.13. The van der Waals surface area contributed by atoms with E-state index in [9.17, 15) is 14.7 Å². The van der Waals surface area contributed by atoms with Gasteiger partial charge in [0.1, 0.15) is 16.9 Å². The van der Waals surface area contributed by atoms with Gasteiger partial charge in [0.25, 0.3) is 0 Å². The topological polar surface area (TPSA) is 70.7 Å². The molecule has 2 aliphatic rings. The van der Waals surface area contributed by atoms with Gasteiger partial charge >= 0.3 is 5.63 Å². The molecule has 1 N–H and O–H groups in total. The number of fused-ring (bicyclic) bond motifs is 2. The summed E-state index contributed by atoms with van der Waals surface area (Å²) in [5.41, 5.74) is 2.92. The largest absolute Gasteiger partial charge is 0.506 e. The molecule has 4 rings (SSSR count).